The van der Waals surface area contributed by atoms with E-state index >= 15 is 0 Å². The van der Waals surface area contributed by atoms with Crippen LogP contribution in [0.25, 0.3) is 16.7 Å². The molecule has 0 fully saturated rings. The van der Waals surface area contributed by atoms with Crippen LogP contribution in [0.2, 0.25) is 0 Å². The van der Waals surface area contributed by atoms with Gasteiger partial charge >= 0.3 is 0 Å². The van der Waals surface area contributed by atoms with E-state index in [2.05, 4.69) is 23.2 Å². The van der Waals surface area contributed by atoms with E-state index in [4.69, 9.17) is 4.74 Å². The summed E-state index contributed by atoms with van der Waals surface area (Å²) in [7, 11) is 0. The maximum atomic E-state index is 13.1. The zero-order valence-electron chi connectivity index (χ0n) is 17.4. The highest BCUT2D eigenvalue weighted by molar-refractivity contribution is 7.98. The lowest BCUT2D eigenvalue weighted by molar-refractivity contribution is 0.337. The molecule has 7 heteroatoms. The van der Waals surface area contributed by atoms with Crippen molar-refractivity contribution in [2.75, 3.05) is 6.61 Å². The predicted molar refractivity (Wildman–Crippen MR) is 121 cm³/mol. The Hall–Kier alpha value is -2.80. The van der Waals surface area contributed by atoms with Gasteiger partial charge in [0.2, 0.25) is 5.78 Å². The minimum absolute atomic E-state index is 0.000144. The Kier molecular flexibility index (Phi) is 6.38. The third-order valence-corrected chi connectivity index (χ3v) is 6.07. The largest absolute Gasteiger partial charge is 0.494 e. The van der Waals surface area contributed by atoms with E-state index in [0.29, 0.717) is 30.1 Å². The fraction of sp³-hybridized carbons (Fsp3) is 0.348. The Morgan fingerprint density at radius 3 is 2.63 bits per heavy atom. The van der Waals surface area contributed by atoms with Crippen molar-refractivity contribution in [3.63, 3.8) is 0 Å². The predicted octanol–water partition coefficient (Wildman–Crippen LogP) is 4.93. The van der Waals surface area contributed by atoms with Gasteiger partial charge in [0.1, 0.15) is 5.75 Å². The average Bonchev–Trinajstić information content (AvgIpc) is 3.20. The highest BCUT2D eigenvalue weighted by atomic mass is 32.2. The molecule has 0 bridgehead atoms. The van der Waals surface area contributed by atoms with Gasteiger partial charge in [0, 0.05) is 17.9 Å². The molecule has 0 N–H and O–H groups in total. The lowest BCUT2D eigenvalue weighted by atomic mass is 10.2. The van der Waals surface area contributed by atoms with Crippen LogP contribution in [0.5, 0.6) is 5.75 Å². The highest BCUT2D eigenvalue weighted by Crippen LogP contribution is 2.28. The standard InChI is InChI=1S/C23H26N4O2S/c1-3-5-10-15-26-21(28)18-12-7-8-13-19(18)27-22(26)24-25-23(27)30-16-17-11-6-9-14-20(17)29-4-2/h6-9,11-14H,3-5,10,15-16H2,1-2H3. The third-order valence-electron chi connectivity index (χ3n) is 5.09. The molecule has 2 aromatic carbocycles. The molecule has 0 aliphatic carbocycles. The smallest absolute Gasteiger partial charge is 0.262 e. The summed E-state index contributed by atoms with van der Waals surface area (Å²) in [5, 5.41) is 10.3. The van der Waals surface area contributed by atoms with Crippen LogP contribution in [-0.2, 0) is 12.3 Å². The number of aromatic nitrogens is 4. The molecule has 6 nitrogen and oxygen atoms in total. The van der Waals surface area contributed by atoms with E-state index in [1.165, 1.54) is 0 Å². The molecular weight excluding hydrogens is 396 g/mol. The van der Waals surface area contributed by atoms with Crippen molar-refractivity contribution in [3.8, 4) is 5.75 Å². The average molecular weight is 423 g/mol. The van der Waals surface area contributed by atoms with Crippen LogP contribution < -0.4 is 10.3 Å². The zero-order valence-corrected chi connectivity index (χ0v) is 18.2. The number of benzene rings is 2. The summed E-state index contributed by atoms with van der Waals surface area (Å²) in [4.78, 5) is 13.1. The molecule has 0 aliphatic rings. The lowest BCUT2D eigenvalue weighted by Gasteiger charge is -2.12. The maximum absolute atomic E-state index is 13.1. The van der Waals surface area contributed by atoms with Gasteiger partial charge < -0.3 is 4.74 Å². The van der Waals surface area contributed by atoms with Gasteiger partial charge in [0.25, 0.3) is 5.56 Å². The molecule has 156 valence electrons. The monoisotopic (exact) mass is 422 g/mol. The summed E-state index contributed by atoms with van der Waals surface area (Å²) in [6.45, 7) is 5.42. The summed E-state index contributed by atoms with van der Waals surface area (Å²) >= 11 is 1.60. The van der Waals surface area contributed by atoms with Crippen molar-refractivity contribution < 1.29 is 4.74 Å². The van der Waals surface area contributed by atoms with E-state index < -0.39 is 0 Å². The van der Waals surface area contributed by atoms with Crippen molar-refractivity contribution in [2.45, 2.75) is 50.6 Å². The van der Waals surface area contributed by atoms with Crippen molar-refractivity contribution in [1.29, 1.82) is 0 Å². The van der Waals surface area contributed by atoms with Gasteiger partial charge in [0.15, 0.2) is 5.16 Å². The van der Waals surface area contributed by atoms with Gasteiger partial charge in [-0.15, -0.1) is 10.2 Å². The minimum Gasteiger partial charge on any atom is -0.494 e. The normalized spacial score (nSPS) is 11.4. The summed E-state index contributed by atoms with van der Waals surface area (Å²) in [6, 6.07) is 15.7. The van der Waals surface area contributed by atoms with Gasteiger partial charge in [-0.1, -0.05) is 61.9 Å². The van der Waals surface area contributed by atoms with E-state index in [-0.39, 0.29) is 5.56 Å². The third kappa shape index (κ3) is 3.94. The number of hydrogen-bond donors (Lipinski definition) is 0. The number of para-hydroxylation sites is 2. The molecule has 0 atom stereocenters. The number of rotatable bonds is 9. The van der Waals surface area contributed by atoms with Crippen LogP contribution in [0.4, 0.5) is 0 Å². The second-order valence-corrected chi connectivity index (χ2v) is 8.07. The van der Waals surface area contributed by atoms with Gasteiger partial charge in [-0.2, -0.15) is 0 Å². The molecule has 0 aliphatic heterocycles. The number of unbranched alkanes of at least 4 members (excludes halogenated alkanes) is 2. The molecule has 30 heavy (non-hydrogen) atoms. The number of hydrogen-bond acceptors (Lipinski definition) is 5. The number of aryl methyl sites for hydroxylation is 1. The molecule has 0 amide bonds. The minimum atomic E-state index is -0.000144. The van der Waals surface area contributed by atoms with Gasteiger partial charge in [-0.25, -0.2) is 0 Å². The van der Waals surface area contributed by atoms with Gasteiger partial charge in [0.05, 0.1) is 17.5 Å². The number of fused-ring (bicyclic) bond motifs is 3. The number of thioether (sulfide) groups is 1. The number of ether oxygens (including phenoxy) is 1. The fourth-order valence-corrected chi connectivity index (χ4v) is 4.54. The first-order valence-electron chi connectivity index (χ1n) is 10.4. The Morgan fingerprint density at radius 1 is 1.00 bits per heavy atom. The quantitative estimate of drug-likeness (QED) is 0.283. The topological polar surface area (TPSA) is 61.4 Å². The van der Waals surface area contributed by atoms with Crippen molar-refractivity contribution in [2.24, 2.45) is 0 Å². The molecule has 0 saturated heterocycles. The molecule has 2 heterocycles. The molecule has 0 radical (unpaired) electrons. The number of nitrogens with zero attached hydrogens (tertiary/aromatic N) is 4. The van der Waals surface area contributed by atoms with Crippen molar-refractivity contribution in [3.05, 3.63) is 64.4 Å². The van der Waals surface area contributed by atoms with Crippen LogP contribution in [0.3, 0.4) is 0 Å². The summed E-state index contributed by atoms with van der Waals surface area (Å²) in [6.07, 6.45) is 3.13. The van der Waals surface area contributed by atoms with E-state index in [0.717, 1.165) is 41.2 Å². The summed E-state index contributed by atoms with van der Waals surface area (Å²) < 4.78 is 9.53. The molecule has 0 unspecified atom stereocenters. The van der Waals surface area contributed by atoms with Crippen molar-refractivity contribution in [1.82, 2.24) is 19.2 Å². The highest BCUT2D eigenvalue weighted by Gasteiger charge is 2.17. The van der Waals surface area contributed by atoms with Gasteiger partial charge in [-0.3, -0.25) is 13.8 Å². The van der Waals surface area contributed by atoms with Crippen LogP contribution in [0.1, 0.15) is 38.7 Å². The molecule has 0 spiro atoms. The van der Waals surface area contributed by atoms with Crippen molar-refractivity contribution >= 4 is 28.4 Å². The Labute approximate surface area is 179 Å². The van der Waals surface area contributed by atoms with Crippen LogP contribution in [0.15, 0.2) is 58.5 Å². The first kappa shape index (κ1) is 20.5. The second kappa shape index (κ2) is 9.34. The summed E-state index contributed by atoms with van der Waals surface area (Å²) in [5.74, 6) is 2.21. The van der Waals surface area contributed by atoms with E-state index in [1.807, 2.05) is 53.8 Å². The molecular formula is C23H26N4O2S. The first-order valence-corrected chi connectivity index (χ1v) is 11.4. The van der Waals surface area contributed by atoms with Gasteiger partial charge in [-0.05, 0) is 31.5 Å². The molecule has 4 rings (SSSR count). The fourth-order valence-electron chi connectivity index (χ4n) is 3.61. The first-order chi connectivity index (χ1) is 14.7. The van der Waals surface area contributed by atoms with Crippen LogP contribution in [-0.4, -0.2) is 25.8 Å². The Balaban J connectivity index is 1.76. The van der Waals surface area contributed by atoms with E-state index in [1.54, 1.807) is 16.3 Å². The summed E-state index contributed by atoms with van der Waals surface area (Å²) in [5.41, 5.74) is 1.95. The molecule has 4 aromatic rings. The van der Waals surface area contributed by atoms with Crippen LogP contribution in [0, 0.1) is 0 Å². The lowest BCUT2D eigenvalue weighted by Crippen LogP contribution is -2.23. The molecule has 0 saturated carbocycles. The Bertz CT molecular complexity index is 1220. The maximum Gasteiger partial charge on any atom is 0.262 e. The second-order valence-electron chi connectivity index (χ2n) is 7.13. The van der Waals surface area contributed by atoms with E-state index in [9.17, 15) is 4.79 Å². The van der Waals surface area contributed by atoms with Crippen LogP contribution >= 0.6 is 11.8 Å². The zero-order chi connectivity index (χ0) is 20.9. The Morgan fingerprint density at radius 2 is 1.80 bits per heavy atom. The molecule has 2 aromatic heterocycles. The SMILES string of the molecule is CCCCCn1c(=O)c2ccccc2n2c(SCc3ccccc3OCC)nnc12.